The third kappa shape index (κ3) is 3.31. The molecule has 0 fully saturated rings. The van der Waals surface area contributed by atoms with Crippen molar-refractivity contribution in [3.05, 3.63) is 54.7 Å². The Morgan fingerprint density at radius 2 is 1.84 bits per heavy atom. The highest BCUT2D eigenvalue weighted by atomic mass is 16.5. The molecule has 1 aromatic heterocycles. The Morgan fingerprint density at radius 3 is 2.48 bits per heavy atom. The third-order valence-electron chi connectivity index (χ3n) is 4.27. The maximum atomic E-state index is 12.8. The average molecular weight is 338 g/mol. The minimum absolute atomic E-state index is 0.0352. The summed E-state index contributed by atoms with van der Waals surface area (Å²) >= 11 is 0. The first-order valence-corrected chi connectivity index (χ1v) is 8.24. The van der Waals surface area contributed by atoms with E-state index in [1.54, 1.807) is 19.1 Å². The molecule has 0 unspecified atom stereocenters. The number of nitrogens with zero attached hydrogens (tertiary/aromatic N) is 2. The minimum atomic E-state index is 0.0352. The van der Waals surface area contributed by atoms with E-state index in [1.807, 2.05) is 66.2 Å². The maximum Gasteiger partial charge on any atom is 0.246 e. The van der Waals surface area contributed by atoms with Gasteiger partial charge in [-0.25, -0.2) is 0 Å². The molecule has 0 radical (unpaired) electrons. The Balaban J connectivity index is 1.93. The third-order valence-corrected chi connectivity index (χ3v) is 4.27. The predicted molar refractivity (Wildman–Crippen MR) is 99.5 cm³/mol. The van der Waals surface area contributed by atoms with Crippen molar-refractivity contribution in [1.82, 2.24) is 4.57 Å². The van der Waals surface area contributed by atoms with Gasteiger partial charge < -0.3 is 18.9 Å². The van der Waals surface area contributed by atoms with Gasteiger partial charge in [-0.2, -0.15) is 0 Å². The molecule has 0 saturated heterocycles. The van der Waals surface area contributed by atoms with E-state index >= 15 is 0 Å². The lowest BCUT2D eigenvalue weighted by Crippen LogP contribution is -2.33. The van der Waals surface area contributed by atoms with Crippen LogP contribution in [0.1, 0.15) is 6.92 Å². The Kier molecular flexibility index (Phi) is 4.93. The molecule has 3 aromatic rings. The second kappa shape index (κ2) is 7.30. The number of rotatable bonds is 6. The van der Waals surface area contributed by atoms with E-state index < -0.39 is 0 Å². The van der Waals surface area contributed by atoms with Gasteiger partial charge in [0, 0.05) is 35.9 Å². The standard InChI is InChI=1S/C20H22N2O3/c1-4-22(15-8-6-5-7-9-15)20(23)14-21-11-10-17-18(21)12-16(24-2)13-19(17)25-3/h5-13H,4,14H2,1-3H3. The zero-order valence-corrected chi connectivity index (χ0v) is 14.7. The van der Waals surface area contributed by atoms with Gasteiger partial charge >= 0.3 is 0 Å². The van der Waals surface area contributed by atoms with Gasteiger partial charge in [0.25, 0.3) is 0 Å². The number of aromatic nitrogens is 1. The van der Waals surface area contributed by atoms with Crippen LogP contribution in [-0.4, -0.2) is 31.2 Å². The summed E-state index contributed by atoms with van der Waals surface area (Å²) in [7, 11) is 3.25. The van der Waals surface area contributed by atoms with Crippen molar-refractivity contribution >= 4 is 22.5 Å². The SMILES string of the molecule is CCN(C(=O)Cn1ccc2c(OC)cc(OC)cc21)c1ccccc1. The molecule has 0 aliphatic heterocycles. The van der Waals surface area contributed by atoms with E-state index in [-0.39, 0.29) is 12.5 Å². The molecule has 5 heteroatoms. The molecule has 0 spiro atoms. The van der Waals surface area contributed by atoms with Gasteiger partial charge in [0.2, 0.25) is 5.91 Å². The summed E-state index contributed by atoms with van der Waals surface area (Å²) in [6, 6.07) is 15.4. The average Bonchev–Trinajstić information content (AvgIpc) is 3.05. The van der Waals surface area contributed by atoms with Gasteiger partial charge in [-0.15, -0.1) is 0 Å². The Morgan fingerprint density at radius 1 is 1.08 bits per heavy atom. The quantitative estimate of drug-likeness (QED) is 0.688. The van der Waals surface area contributed by atoms with Crippen molar-refractivity contribution < 1.29 is 14.3 Å². The van der Waals surface area contributed by atoms with Crippen LogP contribution in [0.25, 0.3) is 10.9 Å². The van der Waals surface area contributed by atoms with Crippen LogP contribution in [0.5, 0.6) is 11.5 Å². The predicted octanol–water partition coefficient (Wildman–Crippen LogP) is 3.71. The molecule has 0 aliphatic rings. The molecule has 3 rings (SSSR count). The van der Waals surface area contributed by atoms with E-state index in [2.05, 4.69) is 0 Å². The van der Waals surface area contributed by atoms with Gasteiger partial charge in [0.05, 0.1) is 19.7 Å². The van der Waals surface area contributed by atoms with Gasteiger partial charge in [-0.1, -0.05) is 18.2 Å². The second-order valence-corrected chi connectivity index (χ2v) is 5.68. The molecule has 2 aromatic carbocycles. The van der Waals surface area contributed by atoms with Gasteiger partial charge in [-0.3, -0.25) is 4.79 Å². The van der Waals surface area contributed by atoms with E-state index in [0.717, 1.165) is 22.3 Å². The van der Waals surface area contributed by atoms with Crippen molar-refractivity contribution in [2.75, 3.05) is 25.7 Å². The zero-order chi connectivity index (χ0) is 17.8. The summed E-state index contributed by atoms with van der Waals surface area (Å²) in [6.45, 7) is 2.85. The number of anilines is 1. The lowest BCUT2D eigenvalue weighted by Gasteiger charge is -2.21. The molecule has 0 bridgehead atoms. The lowest BCUT2D eigenvalue weighted by atomic mass is 10.2. The van der Waals surface area contributed by atoms with E-state index in [4.69, 9.17) is 9.47 Å². The van der Waals surface area contributed by atoms with Gasteiger partial charge in [0.15, 0.2) is 0 Å². The number of hydrogen-bond donors (Lipinski definition) is 0. The van der Waals surface area contributed by atoms with E-state index in [1.165, 1.54) is 0 Å². The number of hydrogen-bond acceptors (Lipinski definition) is 3. The lowest BCUT2D eigenvalue weighted by molar-refractivity contribution is -0.119. The number of amides is 1. The van der Waals surface area contributed by atoms with Crippen molar-refractivity contribution in [1.29, 1.82) is 0 Å². The molecular weight excluding hydrogens is 316 g/mol. The van der Waals surface area contributed by atoms with Crippen LogP contribution < -0.4 is 14.4 Å². The van der Waals surface area contributed by atoms with Crippen LogP contribution in [0.4, 0.5) is 5.69 Å². The van der Waals surface area contributed by atoms with Gasteiger partial charge in [-0.05, 0) is 25.1 Å². The number of para-hydroxylation sites is 1. The van der Waals surface area contributed by atoms with Crippen LogP contribution in [-0.2, 0) is 11.3 Å². The van der Waals surface area contributed by atoms with Crippen LogP contribution in [0.2, 0.25) is 0 Å². The summed E-state index contributed by atoms with van der Waals surface area (Å²) < 4.78 is 12.7. The first-order valence-electron chi connectivity index (χ1n) is 8.24. The molecule has 130 valence electrons. The number of carbonyl (C=O) groups excluding carboxylic acids is 1. The van der Waals surface area contributed by atoms with Crippen molar-refractivity contribution in [2.45, 2.75) is 13.5 Å². The highest BCUT2D eigenvalue weighted by Crippen LogP contribution is 2.32. The number of methoxy groups -OCH3 is 2. The van der Waals surface area contributed by atoms with Crippen LogP contribution >= 0.6 is 0 Å². The fraction of sp³-hybridized carbons (Fsp3) is 0.250. The van der Waals surface area contributed by atoms with Crippen LogP contribution in [0.3, 0.4) is 0 Å². The van der Waals surface area contributed by atoms with Crippen LogP contribution in [0.15, 0.2) is 54.7 Å². The van der Waals surface area contributed by atoms with Crippen molar-refractivity contribution in [3.8, 4) is 11.5 Å². The molecule has 0 aliphatic carbocycles. The van der Waals surface area contributed by atoms with E-state index in [0.29, 0.717) is 12.3 Å². The molecule has 25 heavy (non-hydrogen) atoms. The monoisotopic (exact) mass is 338 g/mol. The highest BCUT2D eigenvalue weighted by molar-refractivity contribution is 5.95. The minimum Gasteiger partial charge on any atom is -0.497 e. The number of fused-ring (bicyclic) bond motifs is 1. The summed E-state index contributed by atoms with van der Waals surface area (Å²) in [4.78, 5) is 14.6. The van der Waals surface area contributed by atoms with Crippen LogP contribution in [0, 0.1) is 0 Å². The first-order chi connectivity index (χ1) is 12.2. The number of carbonyl (C=O) groups is 1. The fourth-order valence-electron chi connectivity index (χ4n) is 3.00. The summed E-state index contributed by atoms with van der Waals surface area (Å²) in [5.74, 6) is 1.47. The fourth-order valence-corrected chi connectivity index (χ4v) is 3.00. The normalized spacial score (nSPS) is 10.7. The smallest absolute Gasteiger partial charge is 0.246 e. The molecule has 0 N–H and O–H groups in total. The molecule has 0 atom stereocenters. The number of benzene rings is 2. The topological polar surface area (TPSA) is 43.7 Å². The summed E-state index contributed by atoms with van der Waals surface area (Å²) in [5, 5.41) is 0.957. The molecule has 0 saturated carbocycles. The first kappa shape index (κ1) is 16.9. The van der Waals surface area contributed by atoms with Crippen molar-refractivity contribution in [2.24, 2.45) is 0 Å². The molecular formula is C20H22N2O3. The summed E-state index contributed by atoms with van der Waals surface area (Å²) in [5.41, 5.74) is 1.82. The second-order valence-electron chi connectivity index (χ2n) is 5.68. The number of ether oxygens (including phenoxy) is 2. The molecule has 5 nitrogen and oxygen atoms in total. The number of likely N-dealkylation sites (N-methyl/N-ethyl adjacent to an activating group) is 1. The van der Waals surface area contributed by atoms with Crippen molar-refractivity contribution in [3.63, 3.8) is 0 Å². The molecule has 1 heterocycles. The van der Waals surface area contributed by atoms with E-state index in [9.17, 15) is 4.79 Å². The van der Waals surface area contributed by atoms with Gasteiger partial charge in [0.1, 0.15) is 18.0 Å². The molecule has 1 amide bonds. The Bertz CT molecular complexity index is 871. The Labute approximate surface area is 147 Å². The zero-order valence-electron chi connectivity index (χ0n) is 14.7. The highest BCUT2D eigenvalue weighted by Gasteiger charge is 2.16. The summed E-state index contributed by atoms with van der Waals surface area (Å²) in [6.07, 6.45) is 1.91. The Hall–Kier alpha value is -2.95. The maximum absolute atomic E-state index is 12.8. The largest absolute Gasteiger partial charge is 0.497 e.